The number of aliphatic carboxylic acids is 1. The molecule has 5 heteroatoms. The van der Waals surface area contributed by atoms with E-state index < -0.39 is 17.9 Å². The van der Waals surface area contributed by atoms with Gasteiger partial charge in [0.15, 0.2) is 0 Å². The van der Waals surface area contributed by atoms with E-state index in [0.29, 0.717) is 6.54 Å². The van der Waals surface area contributed by atoms with Gasteiger partial charge in [-0.2, -0.15) is 0 Å². The number of carbonyl (C=O) groups is 2. The van der Waals surface area contributed by atoms with E-state index in [2.05, 4.69) is 5.32 Å². The summed E-state index contributed by atoms with van der Waals surface area (Å²) in [4.78, 5) is 27.9. The first kappa shape index (κ1) is 23.8. The summed E-state index contributed by atoms with van der Waals surface area (Å²) in [5.74, 6) is -2.25. The average molecular weight is 465 g/mol. The number of nitrogens with zero attached hydrogens (tertiary/aromatic N) is 1. The van der Waals surface area contributed by atoms with Crippen molar-refractivity contribution >= 4 is 23.3 Å². The molecule has 2 atom stereocenters. The van der Waals surface area contributed by atoms with Gasteiger partial charge in [0.1, 0.15) is 0 Å². The lowest BCUT2D eigenvalue weighted by Gasteiger charge is -2.29. The quantitative estimate of drug-likeness (QED) is 0.295. The third-order valence-corrected chi connectivity index (χ3v) is 5.92. The van der Waals surface area contributed by atoms with E-state index in [9.17, 15) is 14.7 Å². The number of nitrogens with one attached hydrogen (secondary N) is 1. The number of hydrogen-bond donors (Lipinski definition) is 2. The summed E-state index contributed by atoms with van der Waals surface area (Å²) in [6.45, 7) is 0.359. The van der Waals surface area contributed by atoms with E-state index in [4.69, 9.17) is 0 Å². The van der Waals surface area contributed by atoms with Gasteiger partial charge in [-0.05, 0) is 35.4 Å². The molecule has 2 N–H and O–H groups in total. The predicted molar refractivity (Wildman–Crippen MR) is 139 cm³/mol. The van der Waals surface area contributed by atoms with Crippen LogP contribution in [0.25, 0.3) is 0 Å². The van der Waals surface area contributed by atoms with Crippen molar-refractivity contribution in [1.82, 2.24) is 0 Å². The van der Waals surface area contributed by atoms with Crippen molar-refractivity contribution in [2.75, 3.05) is 10.2 Å². The lowest BCUT2D eigenvalue weighted by Crippen LogP contribution is -2.36. The third-order valence-electron chi connectivity index (χ3n) is 5.92. The summed E-state index contributed by atoms with van der Waals surface area (Å²) in [6, 6.07) is 37.4. The number of amides is 1. The molecule has 0 fully saturated rings. The summed E-state index contributed by atoms with van der Waals surface area (Å²) in [7, 11) is 0. The van der Waals surface area contributed by atoms with Crippen molar-refractivity contribution in [2.24, 2.45) is 5.92 Å². The lowest BCUT2D eigenvalue weighted by molar-refractivity contribution is -0.144. The van der Waals surface area contributed by atoms with Crippen molar-refractivity contribution in [2.45, 2.75) is 19.0 Å². The number of para-hydroxylation sites is 2. The molecular weight excluding hydrogens is 436 g/mol. The van der Waals surface area contributed by atoms with E-state index in [1.165, 1.54) is 0 Å². The average Bonchev–Trinajstić information content (AvgIpc) is 2.91. The van der Waals surface area contributed by atoms with Gasteiger partial charge in [-0.3, -0.25) is 9.59 Å². The highest BCUT2D eigenvalue weighted by Gasteiger charge is 2.33. The molecule has 0 bridgehead atoms. The Kier molecular flexibility index (Phi) is 7.92. The smallest absolute Gasteiger partial charge is 0.309 e. The fourth-order valence-electron chi connectivity index (χ4n) is 4.13. The minimum Gasteiger partial charge on any atom is -0.481 e. The SMILES string of the molecule is O=C(O)[C@H](CC(=O)N(Cc1ccccc1)c1ccccc1)[C@H](Nc1ccccc1)c1ccccc1. The summed E-state index contributed by atoms with van der Waals surface area (Å²) >= 11 is 0. The number of carboxylic acids is 1. The maximum atomic E-state index is 13.7. The second-order valence-electron chi connectivity index (χ2n) is 8.35. The monoisotopic (exact) mass is 464 g/mol. The molecule has 0 aromatic heterocycles. The molecule has 4 aromatic carbocycles. The minimum atomic E-state index is -1.02. The van der Waals surface area contributed by atoms with Crippen molar-refractivity contribution in [1.29, 1.82) is 0 Å². The summed E-state index contributed by atoms with van der Waals surface area (Å²) < 4.78 is 0. The van der Waals surface area contributed by atoms with Crippen molar-refractivity contribution in [3.63, 3.8) is 0 Å². The molecule has 4 aromatic rings. The summed E-state index contributed by atoms with van der Waals surface area (Å²) in [6.07, 6.45) is -0.156. The molecule has 176 valence electrons. The number of anilines is 2. The zero-order chi connectivity index (χ0) is 24.5. The first-order chi connectivity index (χ1) is 17.1. The van der Waals surface area contributed by atoms with E-state index in [1.54, 1.807) is 4.90 Å². The number of carbonyl (C=O) groups excluding carboxylic acids is 1. The fraction of sp³-hybridized carbons (Fsp3) is 0.133. The Labute approximate surface area is 205 Å². The lowest BCUT2D eigenvalue weighted by atomic mass is 9.89. The fourth-order valence-corrected chi connectivity index (χ4v) is 4.13. The maximum absolute atomic E-state index is 13.7. The van der Waals surface area contributed by atoms with Gasteiger partial charge in [0.25, 0.3) is 0 Å². The van der Waals surface area contributed by atoms with Gasteiger partial charge in [0.2, 0.25) is 5.91 Å². The molecule has 4 rings (SSSR count). The van der Waals surface area contributed by atoms with Crippen LogP contribution < -0.4 is 10.2 Å². The molecule has 35 heavy (non-hydrogen) atoms. The highest BCUT2D eigenvalue weighted by Crippen LogP contribution is 2.31. The van der Waals surface area contributed by atoms with Crippen LogP contribution in [0, 0.1) is 5.92 Å². The van der Waals surface area contributed by atoms with Gasteiger partial charge >= 0.3 is 5.97 Å². The van der Waals surface area contributed by atoms with Gasteiger partial charge < -0.3 is 15.3 Å². The molecule has 0 saturated carbocycles. The van der Waals surface area contributed by atoms with Crippen LogP contribution in [0.2, 0.25) is 0 Å². The van der Waals surface area contributed by atoms with Crippen LogP contribution in [0.15, 0.2) is 121 Å². The Balaban J connectivity index is 1.65. The Hall–Kier alpha value is -4.38. The van der Waals surface area contributed by atoms with Crippen LogP contribution in [0.4, 0.5) is 11.4 Å². The van der Waals surface area contributed by atoms with Crippen molar-refractivity contribution < 1.29 is 14.7 Å². The van der Waals surface area contributed by atoms with Gasteiger partial charge in [-0.1, -0.05) is 97.1 Å². The largest absolute Gasteiger partial charge is 0.481 e. The standard InChI is InChI=1S/C30H28N2O3/c33-28(32(26-19-11-4-12-20-26)22-23-13-5-1-6-14-23)21-27(30(34)35)29(24-15-7-2-8-16-24)31-25-17-9-3-10-18-25/h1-20,27,29,31H,21-22H2,(H,34,35)/t27-,29-/m1/s1. The second-order valence-corrected chi connectivity index (χ2v) is 8.35. The summed E-state index contributed by atoms with van der Waals surface area (Å²) in [5.41, 5.74) is 3.31. The number of carboxylic acid groups (broad SMARTS) is 1. The number of rotatable bonds is 10. The molecule has 0 aliphatic heterocycles. The normalized spacial score (nSPS) is 12.3. The van der Waals surface area contributed by atoms with Crippen molar-refractivity contribution in [3.8, 4) is 0 Å². The third kappa shape index (κ3) is 6.36. The molecule has 0 saturated heterocycles. The van der Waals surface area contributed by atoms with E-state index in [1.807, 2.05) is 121 Å². The highest BCUT2D eigenvalue weighted by molar-refractivity contribution is 5.95. The van der Waals surface area contributed by atoms with Gasteiger partial charge in [0.05, 0.1) is 18.5 Å². The first-order valence-electron chi connectivity index (χ1n) is 11.6. The van der Waals surface area contributed by atoms with Crippen LogP contribution in [0.1, 0.15) is 23.6 Å². The molecule has 0 spiro atoms. The van der Waals surface area contributed by atoms with Gasteiger partial charge in [-0.25, -0.2) is 0 Å². The second kappa shape index (κ2) is 11.7. The van der Waals surface area contributed by atoms with Crippen LogP contribution in [-0.2, 0) is 16.1 Å². The van der Waals surface area contributed by atoms with Gasteiger partial charge in [0, 0.05) is 17.8 Å². The van der Waals surface area contributed by atoms with E-state index in [-0.39, 0.29) is 12.3 Å². The first-order valence-corrected chi connectivity index (χ1v) is 11.6. The van der Waals surface area contributed by atoms with E-state index in [0.717, 1.165) is 22.5 Å². The molecule has 0 aliphatic rings. The van der Waals surface area contributed by atoms with Crippen molar-refractivity contribution in [3.05, 3.63) is 132 Å². The number of hydrogen-bond acceptors (Lipinski definition) is 3. The molecule has 0 heterocycles. The van der Waals surface area contributed by atoms with Crippen LogP contribution >= 0.6 is 0 Å². The minimum absolute atomic E-state index is 0.156. The topological polar surface area (TPSA) is 69.6 Å². The summed E-state index contributed by atoms with van der Waals surface area (Å²) in [5, 5.41) is 13.6. The van der Waals surface area contributed by atoms with E-state index >= 15 is 0 Å². The predicted octanol–water partition coefficient (Wildman–Crippen LogP) is 6.16. The molecule has 0 radical (unpaired) electrons. The Morgan fingerprint density at radius 2 is 1.23 bits per heavy atom. The number of benzene rings is 4. The van der Waals surface area contributed by atoms with Gasteiger partial charge in [-0.15, -0.1) is 0 Å². The Morgan fingerprint density at radius 3 is 1.80 bits per heavy atom. The maximum Gasteiger partial charge on any atom is 0.309 e. The highest BCUT2D eigenvalue weighted by atomic mass is 16.4. The zero-order valence-electron chi connectivity index (χ0n) is 19.3. The molecule has 0 unspecified atom stereocenters. The van der Waals surface area contributed by atoms with Crippen LogP contribution in [0.5, 0.6) is 0 Å². The van der Waals surface area contributed by atoms with Crippen LogP contribution in [0.3, 0.4) is 0 Å². The molecule has 5 nitrogen and oxygen atoms in total. The van der Waals surface area contributed by atoms with Crippen LogP contribution in [-0.4, -0.2) is 17.0 Å². The Morgan fingerprint density at radius 1 is 0.714 bits per heavy atom. The molecular formula is C30H28N2O3. The molecule has 0 aliphatic carbocycles. The Bertz CT molecular complexity index is 1220. The zero-order valence-corrected chi connectivity index (χ0v) is 19.3. The molecule has 1 amide bonds.